The lowest BCUT2D eigenvalue weighted by atomic mass is 9.99. The number of carbonyl (C=O) groups is 1. The third-order valence-corrected chi connectivity index (χ3v) is 4.17. The van der Waals surface area contributed by atoms with E-state index in [1.165, 1.54) is 19.3 Å². The first-order valence-corrected chi connectivity index (χ1v) is 7.92. The van der Waals surface area contributed by atoms with Crippen LogP contribution in [0.25, 0.3) is 0 Å². The fourth-order valence-corrected chi connectivity index (χ4v) is 2.99. The van der Waals surface area contributed by atoms with E-state index >= 15 is 0 Å². The monoisotopic (exact) mass is 293 g/mol. The van der Waals surface area contributed by atoms with Crippen molar-refractivity contribution in [2.75, 3.05) is 26.7 Å². The predicted molar refractivity (Wildman–Crippen MR) is 83.0 cm³/mol. The summed E-state index contributed by atoms with van der Waals surface area (Å²) >= 11 is 0. The summed E-state index contributed by atoms with van der Waals surface area (Å²) < 4.78 is 5.32. The summed E-state index contributed by atoms with van der Waals surface area (Å²) in [5.74, 6) is 0.879. The summed E-state index contributed by atoms with van der Waals surface area (Å²) in [6, 6.07) is 4.18. The van der Waals surface area contributed by atoms with Gasteiger partial charge >= 0.3 is 0 Å². The van der Waals surface area contributed by atoms with Gasteiger partial charge in [-0.2, -0.15) is 0 Å². The molecule has 1 fully saturated rings. The van der Waals surface area contributed by atoms with Crippen molar-refractivity contribution in [2.45, 2.75) is 44.7 Å². The molecule has 118 valence electrons. The van der Waals surface area contributed by atoms with Crippen molar-refractivity contribution in [3.63, 3.8) is 0 Å². The number of hydrogen-bond acceptors (Lipinski definition) is 4. The topological polar surface area (TPSA) is 57.5 Å². The van der Waals surface area contributed by atoms with Gasteiger partial charge in [-0.3, -0.25) is 9.69 Å². The lowest BCUT2D eigenvalue weighted by Gasteiger charge is -2.35. The number of nitrogens with one attached hydrogen (secondary N) is 2. The number of piperidine rings is 1. The molecule has 2 atom stereocenters. The first-order chi connectivity index (χ1) is 10.2. The second-order valence-corrected chi connectivity index (χ2v) is 5.82. The normalized spacial score (nSPS) is 21.1. The predicted octanol–water partition coefficient (Wildman–Crippen LogP) is 1.92. The molecule has 2 unspecified atom stereocenters. The molecule has 1 amide bonds. The van der Waals surface area contributed by atoms with E-state index in [0.29, 0.717) is 12.6 Å². The van der Waals surface area contributed by atoms with Gasteiger partial charge in [0.2, 0.25) is 5.91 Å². The number of hydrogen-bond donors (Lipinski definition) is 2. The number of rotatable bonds is 7. The van der Waals surface area contributed by atoms with Crippen molar-refractivity contribution in [2.24, 2.45) is 0 Å². The van der Waals surface area contributed by atoms with E-state index in [1.54, 1.807) is 6.26 Å². The van der Waals surface area contributed by atoms with Crippen LogP contribution >= 0.6 is 0 Å². The molecule has 2 heterocycles. The van der Waals surface area contributed by atoms with E-state index in [-0.39, 0.29) is 11.9 Å². The van der Waals surface area contributed by atoms with Gasteiger partial charge in [-0.05, 0) is 58.5 Å². The molecule has 2 N–H and O–H groups in total. The van der Waals surface area contributed by atoms with Crippen molar-refractivity contribution in [3.05, 3.63) is 24.2 Å². The van der Waals surface area contributed by atoms with E-state index in [0.717, 1.165) is 25.3 Å². The van der Waals surface area contributed by atoms with Crippen LogP contribution in [0.2, 0.25) is 0 Å². The maximum atomic E-state index is 12.2. The minimum Gasteiger partial charge on any atom is -0.467 e. The fraction of sp³-hybridized carbons (Fsp3) is 0.688. The molecule has 21 heavy (non-hydrogen) atoms. The summed E-state index contributed by atoms with van der Waals surface area (Å²) in [5.41, 5.74) is 0. The van der Waals surface area contributed by atoms with Crippen LogP contribution < -0.4 is 10.6 Å². The van der Waals surface area contributed by atoms with Crippen LogP contribution in [0.5, 0.6) is 0 Å². The number of nitrogens with zero attached hydrogens (tertiary/aromatic N) is 1. The van der Waals surface area contributed by atoms with Gasteiger partial charge < -0.3 is 15.1 Å². The summed E-state index contributed by atoms with van der Waals surface area (Å²) in [6.45, 7) is 4.47. The van der Waals surface area contributed by atoms with Crippen LogP contribution in [0.4, 0.5) is 0 Å². The average Bonchev–Trinajstić information content (AvgIpc) is 3.00. The Balaban J connectivity index is 1.82. The summed E-state index contributed by atoms with van der Waals surface area (Å²) in [5, 5.41) is 6.22. The first-order valence-electron chi connectivity index (χ1n) is 7.92. The van der Waals surface area contributed by atoms with Gasteiger partial charge in [0.25, 0.3) is 0 Å². The molecule has 5 heteroatoms. The molecule has 1 aliphatic heterocycles. The molecule has 1 aliphatic rings. The third kappa shape index (κ3) is 4.86. The van der Waals surface area contributed by atoms with Crippen LogP contribution in [0.3, 0.4) is 0 Å². The Hall–Kier alpha value is -1.33. The number of carbonyl (C=O) groups excluding carboxylic acids is 1. The number of likely N-dealkylation sites (tertiary alicyclic amines) is 1. The quantitative estimate of drug-likeness (QED) is 0.806. The van der Waals surface area contributed by atoms with E-state index in [9.17, 15) is 4.79 Å². The van der Waals surface area contributed by atoms with Gasteiger partial charge in [-0.15, -0.1) is 0 Å². The van der Waals surface area contributed by atoms with Gasteiger partial charge in [0.15, 0.2) is 0 Å². The van der Waals surface area contributed by atoms with E-state index in [4.69, 9.17) is 4.42 Å². The van der Waals surface area contributed by atoms with Crippen molar-refractivity contribution in [1.29, 1.82) is 0 Å². The Morgan fingerprint density at radius 3 is 3.10 bits per heavy atom. The molecule has 2 rings (SSSR count). The van der Waals surface area contributed by atoms with Crippen LogP contribution in [0.15, 0.2) is 22.8 Å². The van der Waals surface area contributed by atoms with Gasteiger partial charge in [0.05, 0.1) is 18.8 Å². The number of furan rings is 1. The lowest BCUT2D eigenvalue weighted by Crippen LogP contribution is -2.46. The second-order valence-electron chi connectivity index (χ2n) is 5.82. The zero-order valence-electron chi connectivity index (χ0n) is 13.1. The molecule has 0 radical (unpaired) electrons. The second kappa shape index (κ2) is 8.20. The van der Waals surface area contributed by atoms with E-state index in [1.807, 2.05) is 26.1 Å². The molecule has 1 aromatic rings. The van der Waals surface area contributed by atoms with E-state index < -0.39 is 0 Å². The largest absolute Gasteiger partial charge is 0.467 e. The van der Waals surface area contributed by atoms with Crippen molar-refractivity contribution < 1.29 is 9.21 Å². The van der Waals surface area contributed by atoms with Crippen LogP contribution in [0, 0.1) is 0 Å². The van der Waals surface area contributed by atoms with Gasteiger partial charge in [-0.25, -0.2) is 0 Å². The minimum atomic E-state index is -0.0759. The maximum Gasteiger partial charge on any atom is 0.234 e. The standard InChI is InChI=1S/C16H27N3O2/c1-13(15-7-5-11-21-15)18-16(20)12-19-10-4-3-6-14(19)8-9-17-2/h5,7,11,13-14,17H,3-4,6,8-10,12H2,1-2H3,(H,18,20). The fourth-order valence-electron chi connectivity index (χ4n) is 2.99. The molecule has 0 aromatic carbocycles. The summed E-state index contributed by atoms with van der Waals surface area (Å²) in [4.78, 5) is 14.6. The highest BCUT2D eigenvalue weighted by molar-refractivity contribution is 5.78. The summed E-state index contributed by atoms with van der Waals surface area (Å²) in [6.07, 6.45) is 6.41. The Morgan fingerprint density at radius 1 is 1.52 bits per heavy atom. The number of amides is 1. The molecule has 0 bridgehead atoms. The van der Waals surface area contributed by atoms with E-state index in [2.05, 4.69) is 15.5 Å². The first kappa shape index (κ1) is 16.0. The highest BCUT2D eigenvalue weighted by Gasteiger charge is 2.24. The van der Waals surface area contributed by atoms with Crippen molar-refractivity contribution in [1.82, 2.24) is 15.5 Å². The zero-order chi connectivity index (χ0) is 15.1. The Kier molecular flexibility index (Phi) is 6.26. The third-order valence-electron chi connectivity index (χ3n) is 4.17. The lowest BCUT2D eigenvalue weighted by molar-refractivity contribution is -0.124. The van der Waals surface area contributed by atoms with Gasteiger partial charge in [0, 0.05) is 6.04 Å². The van der Waals surface area contributed by atoms with Gasteiger partial charge in [0.1, 0.15) is 5.76 Å². The van der Waals surface area contributed by atoms with Crippen molar-refractivity contribution in [3.8, 4) is 0 Å². The molecule has 0 spiro atoms. The molecular formula is C16H27N3O2. The van der Waals surface area contributed by atoms with Crippen LogP contribution in [-0.4, -0.2) is 43.5 Å². The minimum absolute atomic E-state index is 0.0759. The molecule has 0 saturated carbocycles. The molecule has 5 nitrogen and oxygen atoms in total. The zero-order valence-corrected chi connectivity index (χ0v) is 13.1. The Morgan fingerprint density at radius 2 is 2.38 bits per heavy atom. The molecule has 1 saturated heterocycles. The molecule has 1 aromatic heterocycles. The highest BCUT2D eigenvalue weighted by Crippen LogP contribution is 2.19. The Labute approximate surface area is 127 Å². The van der Waals surface area contributed by atoms with Gasteiger partial charge in [-0.1, -0.05) is 6.42 Å². The molecular weight excluding hydrogens is 266 g/mol. The summed E-state index contributed by atoms with van der Waals surface area (Å²) in [7, 11) is 1.98. The smallest absolute Gasteiger partial charge is 0.234 e. The van der Waals surface area contributed by atoms with Crippen molar-refractivity contribution >= 4 is 5.91 Å². The Bertz CT molecular complexity index is 419. The van der Waals surface area contributed by atoms with Crippen LogP contribution in [0.1, 0.15) is 44.4 Å². The highest BCUT2D eigenvalue weighted by atomic mass is 16.3. The molecule has 0 aliphatic carbocycles. The van der Waals surface area contributed by atoms with Crippen LogP contribution in [-0.2, 0) is 4.79 Å². The SMILES string of the molecule is CNCCC1CCCCN1CC(=O)NC(C)c1ccco1. The average molecular weight is 293 g/mol. The maximum absolute atomic E-state index is 12.2.